The highest BCUT2D eigenvalue weighted by Gasteiger charge is 2.45. The number of likely N-dealkylation sites (N-methyl/N-ethyl adjacent to an activating group) is 1. The smallest absolute Gasteiger partial charge is 0.237 e. The normalized spacial score (nSPS) is 17.5. The summed E-state index contributed by atoms with van der Waals surface area (Å²) < 4.78 is 13.8. The number of aldehydes is 1. The molecule has 0 aliphatic carbocycles. The summed E-state index contributed by atoms with van der Waals surface area (Å²) in [6.45, 7) is 3.32. The van der Waals surface area contributed by atoms with Crippen molar-refractivity contribution in [1.29, 1.82) is 0 Å². The Balaban J connectivity index is 2.84. The van der Waals surface area contributed by atoms with Crippen LogP contribution in [0.3, 0.4) is 0 Å². The average Bonchev–Trinajstić information content (AvgIpc) is 2.42. The summed E-state index contributed by atoms with van der Waals surface area (Å²) in [6, 6.07) is 2.63. The van der Waals surface area contributed by atoms with Crippen molar-refractivity contribution in [3.63, 3.8) is 0 Å². The fraction of sp³-hybridized carbons (Fsp3) is 0.333. The minimum Gasteiger partial charge on any atom is -0.314 e. The van der Waals surface area contributed by atoms with Crippen molar-refractivity contribution >= 4 is 17.9 Å². The largest absolute Gasteiger partial charge is 0.314 e. The topological polar surface area (TPSA) is 37.4 Å². The van der Waals surface area contributed by atoms with Gasteiger partial charge in [0.15, 0.2) is 6.29 Å². The highest BCUT2D eigenvalue weighted by Crippen LogP contribution is 2.43. The quantitative estimate of drug-likeness (QED) is 0.679. The zero-order chi connectivity index (χ0) is 12.1. The van der Waals surface area contributed by atoms with Crippen LogP contribution >= 0.6 is 0 Å². The molecule has 0 radical (unpaired) electrons. The molecule has 0 unspecified atom stereocenters. The number of amides is 1. The van der Waals surface area contributed by atoms with Crippen molar-refractivity contribution in [2.24, 2.45) is 0 Å². The molecule has 0 aromatic heterocycles. The summed E-state index contributed by atoms with van der Waals surface area (Å²) in [5.41, 5.74) is 0.139. The van der Waals surface area contributed by atoms with E-state index in [0.717, 1.165) is 0 Å². The lowest BCUT2D eigenvalue weighted by atomic mass is 9.85. The molecule has 3 nitrogen and oxygen atoms in total. The van der Waals surface area contributed by atoms with Gasteiger partial charge in [0.25, 0.3) is 0 Å². The molecule has 0 saturated heterocycles. The first-order chi connectivity index (χ1) is 7.41. The van der Waals surface area contributed by atoms with E-state index in [-0.39, 0.29) is 5.91 Å². The van der Waals surface area contributed by atoms with Crippen LogP contribution in [0.15, 0.2) is 12.1 Å². The number of carbonyl (C=O) groups is 2. The molecule has 1 aliphatic rings. The van der Waals surface area contributed by atoms with Gasteiger partial charge in [-0.1, -0.05) is 0 Å². The molecule has 0 saturated carbocycles. The Morgan fingerprint density at radius 2 is 2.00 bits per heavy atom. The van der Waals surface area contributed by atoms with E-state index in [4.69, 9.17) is 0 Å². The predicted octanol–water partition coefficient (Wildman–Crippen LogP) is 1.89. The van der Waals surface area contributed by atoms with Gasteiger partial charge in [0.2, 0.25) is 5.91 Å². The number of nitrogens with zero attached hydrogens (tertiary/aromatic N) is 1. The number of benzene rings is 1. The lowest BCUT2D eigenvalue weighted by molar-refractivity contribution is -0.121. The molecule has 1 aromatic rings. The number of halogens is 1. The van der Waals surface area contributed by atoms with Crippen LogP contribution in [0.5, 0.6) is 0 Å². The molecule has 0 atom stereocenters. The van der Waals surface area contributed by atoms with E-state index in [9.17, 15) is 14.0 Å². The van der Waals surface area contributed by atoms with Gasteiger partial charge in [-0.3, -0.25) is 9.59 Å². The van der Waals surface area contributed by atoms with E-state index < -0.39 is 11.2 Å². The zero-order valence-electron chi connectivity index (χ0n) is 9.37. The molecule has 1 heterocycles. The van der Waals surface area contributed by atoms with Crippen LogP contribution in [0, 0.1) is 5.82 Å². The van der Waals surface area contributed by atoms with Gasteiger partial charge in [0.05, 0.1) is 11.1 Å². The molecule has 1 amide bonds. The Bertz CT molecular complexity index is 494. The van der Waals surface area contributed by atoms with Crippen LogP contribution in [0.25, 0.3) is 0 Å². The number of carbonyl (C=O) groups excluding carboxylic acids is 2. The number of rotatable bonds is 1. The molecule has 0 spiro atoms. The van der Waals surface area contributed by atoms with Crippen LogP contribution in [0.4, 0.5) is 10.1 Å². The summed E-state index contributed by atoms with van der Waals surface area (Å²) in [5.74, 6) is -0.640. The van der Waals surface area contributed by atoms with E-state index in [2.05, 4.69) is 0 Å². The van der Waals surface area contributed by atoms with Crippen molar-refractivity contribution in [2.45, 2.75) is 19.3 Å². The Labute approximate surface area is 92.9 Å². The van der Waals surface area contributed by atoms with Crippen molar-refractivity contribution in [1.82, 2.24) is 0 Å². The third-order valence-corrected chi connectivity index (χ3v) is 3.08. The summed E-state index contributed by atoms with van der Waals surface area (Å²) in [5, 5.41) is 0. The Morgan fingerprint density at radius 1 is 1.38 bits per heavy atom. The number of hydrogen-bond acceptors (Lipinski definition) is 2. The Hall–Kier alpha value is -1.71. The molecule has 0 N–H and O–H groups in total. The third kappa shape index (κ3) is 1.13. The molecule has 16 heavy (non-hydrogen) atoms. The first kappa shape index (κ1) is 10.8. The second-order valence-electron chi connectivity index (χ2n) is 4.47. The van der Waals surface area contributed by atoms with Crippen LogP contribution < -0.4 is 4.90 Å². The summed E-state index contributed by atoms with van der Waals surface area (Å²) in [4.78, 5) is 24.2. The van der Waals surface area contributed by atoms with E-state index in [1.807, 2.05) is 0 Å². The maximum Gasteiger partial charge on any atom is 0.237 e. The summed E-state index contributed by atoms with van der Waals surface area (Å²) in [7, 11) is 1.56. The maximum atomic E-state index is 13.8. The predicted molar refractivity (Wildman–Crippen MR) is 58.2 cm³/mol. The van der Waals surface area contributed by atoms with Crippen molar-refractivity contribution < 1.29 is 14.0 Å². The summed E-state index contributed by atoms with van der Waals surface area (Å²) in [6.07, 6.45) is 0.642. The van der Waals surface area contributed by atoms with E-state index in [1.165, 1.54) is 17.0 Å². The number of hydrogen-bond donors (Lipinski definition) is 0. The highest BCUT2D eigenvalue weighted by molar-refractivity contribution is 6.10. The molecule has 0 fully saturated rings. The van der Waals surface area contributed by atoms with Gasteiger partial charge in [-0.15, -0.1) is 0 Å². The monoisotopic (exact) mass is 221 g/mol. The fourth-order valence-corrected chi connectivity index (χ4v) is 2.26. The molecule has 0 bridgehead atoms. The third-order valence-electron chi connectivity index (χ3n) is 3.08. The number of anilines is 1. The second-order valence-corrected chi connectivity index (χ2v) is 4.47. The lowest BCUT2D eigenvalue weighted by Gasteiger charge is -2.16. The first-order valence-corrected chi connectivity index (χ1v) is 4.97. The van der Waals surface area contributed by atoms with Crippen molar-refractivity contribution in [2.75, 3.05) is 11.9 Å². The van der Waals surface area contributed by atoms with Gasteiger partial charge in [-0.25, -0.2) is 4.39 Å². The van der Waals surface area contributed by atoms with Gasteiger partial charge in [-0.05, 0) is 26.0 Å². The minimum atomic E-state index is -0.910. The highest BCUT2D eigenvalue weighted by atomic mass is 19.1. The molecule has 1 aromatic carbocycles. The maximum absolute atomic E-state index is 13.8. The zero-order valence-corrected chi connectivity index (χ0v) is 9.37. The van der Waals surface area contributed by atoms with Crippen LogP contribution in [0.2, 0.25) is 0 Å². The van der Waals surface area contributed by atoms with Crippen LogP contribution in [0.1, 0.15) is 29.8 Å². The van der Waals surface area contributed by atoms with Gasteiger partial charge >= 0.3 is 0 Å². The van der Waals surface area contributed by atoms with Gasteiger partial charge in [-0.2, -0.15) is 0 Å². The minimum absolute atomic E-state index is 0.198. The van der Waals surface area contributed by atoms with Crippen molar-refractivity contribution in [3.8, 4) is 0 Å². The van der Waals surface area contributed by atoms with E-state index in [1.54, 1.807) is 20.9 Å². The van der Waals surface area contributed by atoms with Crippen molar-refractivity contribution in [3.05, 3.63) is 29.1 Å². The van der Waals surface area contributed by atoms with E-state index >= 15 is 0 Å². The van der Waals surface area contributed by atoms with Gasteiger partial charge in [0, 0.05) is 18.2 Å². The lowest BCUT2D eigenvalue weighted by Crippen LogP contribution is -2.33. The van der Waals surface area contributed by atoms with Crippen LogP contribution in [-0.2, 0) is 10.2 Å². The van der Waals surface area contributed by atoms with Gasteiger partial charge in [0.1, 0.15) is 5.82 Å². The molecule has 1 aliphatic heterocycles. The fourth-order valence-electron chi connectivity index (χ4n) is 2.26. The first-order valence-electron chi connectivity index (χ1n) is 4.97. The molecular weight excluding hydrogens is 209 g/mol. The second kappa shape index (κ2) is 3.14. The number of fused-ring (bicyclic) bond motifs is 1. The standard InChI is InChI=1S/C12H12FNO2/c1-12(2)9-8(13)5-4-7(6-15)10(9)14(3)11(12)16/h4-6H,1-3H3. The summed E-state index contributed by atoms with van der Waals surface area (Å²) >= 11 is 0. The molecule has 84 valence electrons. The molecular formula is C12H12FNO2. The Morgan fingerprint density at radius 3 is 2.56 bits per heavy atom. The Kier molecular flexibility index (Phi) is 2.12. The van der Waals surface area contributed by atoms with E-state index in [0.29, 0.717) is 23.1 Å². The molecule has 2 rings (SSSR count). The van der Waals surface area contributed by atoms with Crippen LogP contribution in [-0.4, -0.2) is 19.2 Å². The average molecular weight is 221 g/mol. The SMILES string of the molecule is CN1C(=O)C(C)(C)c2c(F)ccc(C=O)c21. The van der Waals surface area contributed by atoms with Gasteiger partial charge < -0.3 is 4.90 Å². The molecule has 4 heteroatoms.